The summed E-state index contributed by atoms with van der Waals surface area (Å²) in [5.41, 5.74) is 1.16. The molecule has 3 rings (SSSR count). The molecule has 1 aromatic rings. The lowest BCUT2D eigenvalue weighted by atomic mass is 9.89. The first kappa shape index (κ1) is 13.4. The highest BCUT2D eigenvalue weighted by Gasteiger charge is 2.50. The van der Waals surface area contributed by atoms with Gasteiger partial charge in [0.25, 0.3) is 0 Å². The predicted molar refractivity (Wildman–Crippen MR) is 75.1 cm³/mol. The van der Waals surface area contributed by atoms with E-state index in [1.54, 1.807) is 7.11 Å². The zero-order chi connectivity index (χ0) is 14.2. The molecule has 20 heavy (non-hydrogen) atoms. The minimum absolute atomic E-state index is 0.644. The van der Waals surface area contributed by atoms with E-state index in [0.717, 1.165) is 49.5 Å². The van der Waals surface area contributed by atoms with Gasteiger partial charge in [-0.25, -0.2) is 4.79 Å². The number of nitrogens with zero attached hydrogens (tertiary/aromatic N) is 1. The van der Waals surface area contributed by atoms with E-state index in [1.807, 2.05) is 18.2 Å². The Morgan fingerprint density at radius 3 is 2.80 bits per heavy atom. The highest BCUT2D eigenvalue weighted by Crippen LogP contribution is 2.43. The van der Waals surface area contributed by atoms with Gasteiger partial charge in [0.15, 0.2) is 0 Å². The molecule has 0 bridgehead atoms. The molecule has 1 fully saturated rings. The number of methoxy groups -OCH3 is 1. The minimum Gasteiger partial charge on any atom is -0.497 e. The SMILES string of the molecule is COc1ccc2c(c1)C(C(=O)O)(N1CCNCC1)CC2. The molecule has 1 atom stereocenters. The van der Waals surface area contributed by atoms with Gasteiger partial charge < -0.3 is 15.2 Å². The maximum Gasteiger partial charge on any atom is 0.328 e. The number of ether oxygens (including phenoxy) is 1. The number of nitrogens with one attached hydrogen (secondary N) is 1. The van der Waals surface area contributed by atoms with Crippen LogP contribution >= 0.6 is 0 Å². The van der Waals surface area contributed by atoms with Gasteiger partial charge in [-0.15, -0.1) is 0 Å². The zero-order valence-electron chi connectivity index (χ0n) is 11.7. The Morgan fingerprint density at radius 1 is 1.40 bits per heavy atom. The lowest BCUT2D eigenvalue weighted by Crippen LogP contribution is -2.57. The third-order valence-corrected chi connectivity index (χ3v) is 4.53. The van der Waals surface area contributed by atoms with Crippen molar-refractivity contribution in [3.05, 3.63) is 29.3 Å². The van der Waals surface area contributed by atoms with E-state index in [9.17, 15) is 9.90 Å². The van der Waals surface area contributed by atoms with E-state index < -0.39 is 11.5 Å². The fourth-order valence-electron chi connectivity index (χ4n) is 3.47. The molecule has 0 radical (unpaired) electrons. The summed E-state index contributed by atoms with van der Waals surface area (Å²) < 4.78 is 5.28. The normalized spacial score (nSPS) is 26.2. The number of aryl methyl sites for hydroxylation is 1. The second kappa shape index (κ2) is 5.07. The van der Waals surface area contributed by atoms with Crippen LogP contribution in [0.15, 0.2) is 18.2 Å². The van der Waals surface area contributed by atoms with Crippen LogP contribution in [0.1, 0.15) is 17.5 Å². The number of carboxylic acid groups (broad SMARTS) is 1. The molecule has 1 aliphatic heterocycles. The Labute approximate surface area is 118 Å². The van der Waals surface area contributed by atoms with Gasteiger partial charge in [0.1, 0.15) is 11.3 Å². The third-order valence-electron chi connectivity index (χ3n) is 4.53. The van der Waals surface area contributed by atoms with E-state index in [-0.39, 0.29) is 0 Å². The molecule has 5 nitrogen and oxygen atoms in total. The summed E-state index contributed by atoms with van der Waals surface area (Å²) >= 11 is 0. The van der Waals surface area contributed by atoms with Crippen molar-refractivity contribution >= 4 is 5.97 Å². The van der Waals surface area contributed by atoms with Crippen LogP contribution in [0.5, 0.6) is 5.75 Å². The fraction of sp³-hybridized carbons (Fsp3) is 0.533. The molecule has 0 aromatic heterocycles. The zero-order valence-corrected chi connectivity index (χ0v) is 11.7. The lowest BCUT2D eigenvalue weighted by molar-refractivity contribution is -0.153. The molecule has 0 amide bonds. The van der Waals surface area contributed by atoms with Crippen molar-refractivity contribution in [1.29, 1.82) is 0 Å². The highest BCUT2D eigenvalue weighted by molar-refractivity contribution is 5.83. The minimum atomic E-state index is -0.883. The standard InChI is InChI=1S/C15H20N2O3/c1-20-12-3-2-11-4-5-15(14(18)19,13(11)10-12)17-8-6-16-7-9-17/h2-3,10,16H,4-9H2,1H3,(H,18,19). The largest absolute Gasteiger partial charge is 0.497 e. The molecule has 108 valence electrons. The molecule has 2 N–H and O–H groups in total. The third kappa shape index (κ3) is 1.89. The average Bonchev–Trinajstić information content (AvgIpc) is 2.87. The van der Waals surface area contributed by atoms with Crippen molar-refractivity contribution in [1.82, 2.24) is 10.2 Å². The molecule has 1 heterocycles. The summed E-state index contributed by atoms with van der Waals surface area (Å²) in [6, 6.07) is 5.81. The molecule has 1 aliphatic carbocycles. The van der Waals surface area contributed by atoms with E-state index in [1.165, 1.54) is 0 Å². The van der Waals surface area contributed by atoms with Gasteiger partial charge >= 0.3 is 5.97 Å². The average molecular weight is 276 g/mol. The number of hydrogen-bond donors (Lipinski definition) is 2. The van der Waals surface area contributed by atoms with Gasteiger partial charge in [0.05, 0.1) is 7.11 Å². The van der Waals surface area contributed by atoms with E-state index >= 15 is 0 Å². The summed E-state index contributed by atoms with van der Waals surface area (Å²) in [7, 11) is 1.62. The second-order valence-corrected chi connectivity index (χ2v) is 5.43. The van der Waals surface area contributed by atoms with Crippen LogP contribution in [-0.4, -0.2) is 49.3 Å². The van der Waals surface area contributed by atoms with E-state index in [2.05, 4.69) is 10.2 Å². The maximum absolute atomic E-state index is 12.1. The summed E-state index contributed by atoms with van der Waals surface area (Å²) in [6.45, 7) is 3.22. The van der Waals surface area contributed by atoms with Crippen molar-refractivity contribution in [2.45, 2.75) is 18.4 Å². The Bertz CT molecular complexity index is 526. The first-order valence-electron chi connectivity index (χ1n) is 7.05. The van der Waals surface area contributed by atoms with Crippen LogP contribution in [0.3, 0.4) is 0 Å². The first-order chi connectivity index (χ1) is 9.68. The molecule has 5 heteroatoms. The van der Waals surface area contributed by atoms with Gasteiger partial charge in [-0.2, -0.15) is 0 Å². The number of piperazine rings is 1. The van der Waals surface area contributed by atoms with Crippen molar-refractivity contribution < 1.29 is 14.6 Å². The quantitative estimate of drug-likeness (QED) is 0.856. The van der Waals surface area contributed by atoms with Crippen molar-refractivity contribution in [3.63, 3.8) is 0 Å². The fourth-order valence-corrected chi connectivity index (χ4v) is 3.47. The smallest absolute Gasteiger partial charge is 0.328 e. The highest BCUT2D eigenvalue weighted by atomic mass is 16.5. The number of aliphatic carboxylic acids is 1. The summed E-state index contributed by atoms with van der Waals surface area (Å²) in [5, 5.41) is 13.2. The summed E-state index contributed by atoms with van der Waals surface area (Å²) in [6.07, 6.45) is 1.46. The van der Waals surface area contributed by atoms with Gasteiger partial charge in [0, 0.05) is 26.2 Å². The first-order valence-corrected chi connectivity index (χ1v) is 7.05. The Morgan fingerprint density at radius 2 is 2.15 bits per heavy atom. The molecule has 0 spiro atoms. The second-order valence-electron chi connectivity index (χ2n) is 5.43. The van der Waals surface area contributed by atoms with Crippen LogP contribution < -0.4 is 10.1 Å². The van der Waals surface area contributed by atoms with Gasteiger partial charge in [-0.05, 0) is 36.1 Å². The maximum atomic E-state index is 12.1. The van der Waals surface area contributed by atoms with E-state index in [4.69, 9.17) is 4.74 Å². The number of hydrogen-bond acceptors (Lipinski definition) is 4. The Kier molecular flexibility index (Phi) is 3.40. The Balaban J connectivity index is 2.07. The molecule has 1 unspecified atom stereocenters. The van der Waals surface area contributed by atoms with Crippen LogP contribution in [0, 0.1) is 0 Å². The van der Waals surface area contributed by atoms with Crippen LogP contribution in [0.2, 0.25) is 0 Å². The van der Waals surface area contributed by atoms with Gasteiger partial charge in [-0.1, -0.05) is 6.07 Å². The molecular weight excluding hydrogens is 256 g/mol. The topological polar surface area (TPSA) is 61.8 Å². The number of benzene rings is 1. The molecule has 2 aliphatic rings. The lowest BCUT2D eigenvalue weighted by Gasteiger charge is -2.41. The number of carboxylic acids is 1. The van der Waals surface area contributed by atoms with Gasteiger partial charge in [-0.3, -0.25) is 4.90 Å². The Hall–Kier alpha value is -1.59. The molecule has 1 aromatic carbocycles. The van der Waals surface area contributed by atoms with Crippen molar-refractivity contribution in [3.8, 4) is 5.75 Å². The van der Waals surface area contributed by atoms with Crippen molar-refractivity contribution in [2.75, 3.05) is 33.3 Å². The van der Waals surface area contributed by atoms with Crippen LogP contribution in [0.4, 0.5) is 0 Å². The summed E-state index contributed by atoms with van der Waals surface area (Å²) in [5.74, 6) is -0.0159. The van der Waals surface area contributed by atoms with Crippen molar-refractivity contribution in [2.24, 2.45) is 0 Å². The number of fused-ring (bicyclic) bond motifs is 1. The monoisotopic (exact) mass is 276 g/mol. The predicted octanol–water partition coefficient (Wildman–Crippen LogP) is 0.826. The van der Waals surface area contributed by atoms with Gasteiger partial charge in [0.2, 0.25) is 0 Å². The number of rotatable bonds is 3. The van der Waals surface area contributed by atoms with Crippen LogP contribution in [-0.2, 0) is 16.8 Å². The van der Waals surface area contributed by atoms with Crippen LogP contribution in [0.25, 0.3) is 0 Å². The molecule has 1 saturated heterocycles. The molecule has 0 saturated carbocycles. The van der Waals surface area contributed by atoms with E-state index in [0.29, 0.717) is 6.42 Å². The summed E-state index contributed by atoms with van der Waals surface area (Å²) in [4.78, 5) is 14.2. The molecular formula is C15H20N2O3. The number of carbonyl (C=O) groups is 1.